The Bertz CT molecular complexity index is 1200. The monoisotopic (exact) mass is 420 g/mol. The molecule has 2 aromatic carbocycles. The van der Waals surface area contributed by atoms with Crippen molar-refractivity contribution in [3.8, 4) is 17.4 Å². The van der Waals surface area contributed by atoms with E-state index < -0.39 is 11.5 Å². The number of nitrogens with zero attached hydrogens (tertiary/aromatic N) is 4. The second-order valence-electron chi connectivity index (χ2n) is 6.98. The summed E-state index contributed by atoms with van der Waals surface area (Å²) in [5.41, 5.74) is 1.19. The third-order valence-corrected chi connectivity index (χ3v) is 4.56. The minimum atomic E-state index is -0.685. The van der Waals surface area contributed by atoms with E-state index in [1.165, 1.54) is 4.57 Å². The van der Waals surface area contributed by atoms with Gasteiger partial charge in [-0.1, -0.05) is 30.3 Å². The summed E-state index contributed by atoms with van der Waals surface area (Å²) in [6, 6.07) is 17.1. The van der Waals surface area contributed by atoms with Crippen molar-refractivity contribution in [2.45, 2.75) is 13.0 Å². The lowest BCUT2D eigenvalue weighted by Crippen LogP contribution is -2.24. The first-order valence-electron chi connectivity index (χ1n) is 9.76. The number of hydrogen-bond acceptors (Lipinski definition) is 5. The summed E-state index contributed by atoms with van der Waals surface area (Å²) in [6.07, 6.45) is 5.01. The standard InChI is InChI=1S/C23H21FN4O3/c1-27-14-18(13-25-27)15-28-16-21(24)22(26-23(28)29)30-12-11-17-7-9-20(10-8-17)31-19-5-3-2-4-6-19/h2-10,13-14,16H,11-12,15H2,1H3. The number of benzene rings is 2. The number of ether oxygens (including phenoxy) is 2. The van der Waals surface area contributed by atoms with Gasteiger partial charge in [0, 0.05) is 25.2 Å². The molecule has 7 nitrogen and oxygen atoms in total. The molecule has 0 atom stereocenters. The molecule has 0 saturated heterocycles. The van der Waals surface area contributed by atoms with Gasteiger partial charge in [0.15, 0.2) is 0 Å². The number of rotatable bonds is 8. The normalized spacial score (nSPS) is 10.8. The molecule has 4 rings (SSSR count). The van der Waals surface area contributed by atoms with Crippen molar-refractivity contribution in [1.29, 1.82) is 0 Å². The molecule has 0 aliphatic heterocycles. The number of para-hydroxylation sites is 1. The minimum absolute atomic E-state index is 0.189. The smallest absolute Gasteiger partial charge is 0.351 e. The first kappa shape index (κ1) is 20.3. The Hall–Kier alpha value is -3.94. The van der Waals surface area contributed by atoms with Crippen LogP contribution in [0, 0.1) is 5.82 Å². The maximum absolute atomic E-state index is 14.3. The number of hydrogen-bond donors (Lipinski definition) is 0. The van der Waals surface area contributed by atoms with Gasteiger partial charge in [0.05, 0.1) is 25.5 Å². The third kappa shape index (κ3) is 5.36. The summed E-state index contributed by atoms with van der Waals surface area (Å²) >= 11 is 0. The number of halogens is 1. The van der Waals surface area contributed by atoms with E-state index in [0.29, 0.717) is 6.42 Å². The molecule has 2 aromatic heterocycles. The highest BCUT2D eigenvalue weighted by Crippen LogP contribution is 2.21. The topological polar surface area (TPSA) is 71.2 Å². The summed E-state index contributed by atoms with van der Waals surface area (Å²) in [5.74, 6) is 0.505. The number of aryl methyl sites for hydroxylation is 1. The molecule has 0 unspecified atom stereocenters. The molecule has 0 bridgehead atoms. The first-order chi connectivity index (χ1) is 15.1. The lowest BCUT2D eigenvalue weighted by Gasteiger charge is -2.09. The van der Waals surface area contributed by atoms with Crippen LogP contribution in [-0.2, 0) is 20.0 Å². The average molecular weight is 420 g/mol. The van der Waals surface area contributed by atoms with Crippen molar-refractivity contribution in [2.24, 2.45) is 7.05 Å². The molecular weight excluding hydrogens is 399 g/mol. The summed E-state index contributed by atoms with van der Waals surface area (Å²) in [6.45, 7) is 0.378. The van der Waals surface area contributed by atoms with Crippen LogP contribution in [0.25, 0.3) is 0 Å². The van der Waals surface area contributed by atoms with Crippen molar-refractivity contribution in [2.75, 3.05) is 6.61 Å². The van der Waals surface area contributed by atoms with Crippen LogP contribution in [0.3, 0.4) is 0 Å². The third-order valence-electron chi connectivity index (χ3n) is 4.56. The van der Waals surface area contributed by atoms with Crippen molar-refractivity contribution < 1.29 is 13.9 Å². The summed E-state index contributed by atoms with van der Waals surface area (Å²) in [7, 11) is 1.77. The van der Waals surface area contributed by atoms with Gasteiger partial charge in [-0.25, -0.2) is 4.79 Å². The van der Waals surface area contributed by atoms with Crippen LogP contribution in [0.5, 0.6) is 17.4 Å². The van der Waals surface area contributed by atoms with Gasteiger partial charge in [0.1, 0.15) is 11.5 Å². The van der Waals surface area contributed by atoms with Crippen molar-refractivity contribution >= 4 is 0 Å². The quantitative estimate of drug-likeness (QED) is 0.436. The van der Waals surface area contributed by atoms with Crippen LogP contribution in [0.15, 0.2) is 78.0 Å². The number of aromatic nitrogens is 4. The van der Waals surface area contributed by atoms with Gasteiger partial charge in [-0.2, -0.15) is 14.5 Å². The predicted octanol–water partition coefficient (Wildman–Crippen LogP) is 3.58. The fraction of sp³-hybridized carbons (Fsp3) is 0.174. The summed E-state index contributed by atoms with van der Waals surface area (Å²) < 4.78 is 28.3. The fourth-order valence-electron chi connectivity index (χ4n) is 3.03. The molecule has 0 spiro atoms. The molecule has 158 valence electrons. The van der Waals surface area contributed by atoms with Gasteiger partial charge in [0.2, 0.25) is 5.82 Å². The molecule has 0 aliphatic carbocycles. The van der Waals surface area contributed by atoms with Crippen LogP contribution >= 0.6 is 0 Å². The Morgan fingerprint density at radius 1 is 0.968 bits per heavy atom. The Kier molecular flexibility index (Phi) is 6.07. The molecule has 31 heavy (non-hydrogen) atoms. The largest absolute Gasteiger partial charge is 0.475 e. The SMILES string of the molecule is Cn1cc(Cn2cc(F)c(OCCc3ccc(Oc4ccccc4)cc3)nc2=O)cn1. The second-order valence-corrected chi connectivity index (χ2v) is 6.98. The molecule has 8 heteroatoms. The van der Waals surface area contributed by atoms with Gasteiger partial charge >= 0.3 is 5.69 Å². The fourth-order valence-corrected chi connectivity index (χ4v) is 3.03. The van der Waals surface area contributed by atoms with Crippen LogP contribution in [-0.4, -0.2) is 25.9 Å². The highest BCUT2D eigenvalue weighted by molar-refractivity contribution is 5.33. The van der Waals surface area contributed by atoms with E-state index in [1.54, 1.807) is 24.1 Å². The minimum Gasteiger partial charge on any atom is -0.475 e. The summed E-state index contributed by atoms with van der Waals surface area (Å²) in [4.78, 5) is 15.9. The molecule has 0 aliphatic rings. The van der Waals surface area contributed by atoms with Crippen molar-refractivity contribution in [3.63, 3.8) is 0 Å². The molecule has 0 radical (unpaired) electrons. The van der Waals surface area contributed by atoms with E-state index in [1.807, 2.05) is 54.6 Å². The van der Waals surface area contributed by atoms with Crippen molar-refractivity contribution in [3.05, 3.63) is 101 Å². The van der Waals surface area contributed by atoms with Gasteiger partial charge in [-0.15, -0.1) is 0 Å². The molecule has 0 amide bonds. The summed E-state index contributed by atoms with van der Waals surface area (Å²) in [5, 5.41) is 4.03. The molecule has 0 N–H and O–H groups in total. The molecule has 0 saturated carbocycles. The molecular formula is C23H21FN4O3. The average Bonchev–Trinajstić information content (AvgIpc) is 3.18. The lowest BCUT2D eigenvalue weighted by molar-refractivity contribution is 0.287. The first-order valence-corrected chi connectivity index (χ1v) is 9.76. The van der Waals surface area contributed by atoms with Crippen LogP contribution in [0.4, 0.5) is 4.39 Å². The van der Waals surface area contributed by atoms with Crippen LogP contribution in [0.1, 0.15) is 11.1 Å². The zero-order chi connectivity index (χ0) is 21.6. The van der Waals surface area contributed by atoms with Crippen LogP contribution in [0.2, 0.25) is 0 Å². The molecule has 0 fully saturated rings. The Morgan fingerprint density at radius 2 is 1.71 bits per heavy atom. The molecule has 2 heterocycles. The Labute approximate surface area is 178 Å². The maximum Gasteiger partial charge on any atom is 0.351 e. The highest BCUT2D eigenvalue weighted by Gasteiger charge is 2.11. The van der Waals surface area contributed by atoms with E-state index in [2.05, 4.69) is 10.1 Å². The predicted molar refractivity (Wildman–Crippen MR) is 113 cm³/mol. The van der Waals surface area contributed by atoms with Gasteiger partial charge in [-0.05, 0) is 29.8 Å². The van der Waals surface area contributed by atoms with Crippen molar-refractivity contribution in [1.82, 2.24) is 19.3 Å². The lowest BCUT2D eigenvalue weighted by atomic mass is 10.1. The van der Waals surface area contributed by atoms with Crippen LogP contribution < -0.4 is 15.2 Å². The molecule has 4 aromatic rings. The van der Waals surface area contributed by atoms with Gasteiger partial charge < -0.3 is 9.47 Å². The zero-order valence-electron chi connectivity index (χ0n) is 16.9. The van der Waals surface area contributed by atoms with E-state index in [9.17, 15) is 9.18 Å². The van der Waals surface area contributed by atoms with Gasteiger partial charge in [-0.3, -0.25) is 9.25 Å². The zero-order valence-corrected chi connectivity index (χ0v) is 16.9. The van der Waals surface area contributed by atoms with E-state index >= 15 is 0 Å². The maximum atomic E-state index is 14.3. The van der Waals surface area contributed by atoms with E-state index in [0.717, 1.165) is 28.8 Å². The Balaban J connectivity index is 1.33. The van der Waals surface area contributed by atoms with Gasteiger partial charge in [0.25, 0.3) is 5.88 Å². The van der Waals surface area contributed by atoms with E-state index in [4.69, 9.17) is 9.47 Å². The highest BCUT2D eigenvalue weighted by atomic mass is 19.1. The van der Waals surface area contributed by atoms with E-state index in [-0.39, 0.29) is 19.0 Å². The second kappa shape index (κ2) is 9.25. The Morgan fingerprint density at radius 3 is 2.42 bits per heavy atom.